The van der Waals surface area contributed by atoms with Crippen molar-refractivity contribution in [2.75, 3.05) is 13.2 Å². The lowest BCUT2D eigenvalue weighted by Crippen LogP contribution is -2.42. The third-order valence-electron chi connectivity index (χ3n) is 2.62. The summed E-state index contributed by atoms with van der Waals surface area (Å²) in [4.78, 5) is 23.2. The van der Waals surface area contributed by atoms with Gasteiger partial charge in [-0.25, -0.2) is 0 Å². The predicted octanol–water partition coefficient (Wildman–Crippen LogP) is 0.627. The second-order valence-electron chi connectivity index (χ2n) is 4.23. The van der Waals surface area contributed by atoms with E-state index in [0.717, 1.165) is 24.3 Å². The van der Waals surface area contributed by atoms with E-state index in [2.05, 4.69) is 10.1 Å². The third kappa shape index (κ3) is 5.70. The predicted molar refractivity (Wildman–Crippen MR) is 68.2 cm³/mol. The summed E-state index contributed by atoms with van der Waals surface area (Å²) in [6.45, 7) is -1.18. The maximum Gasteiger partial charge on any atom is 0.573 e. The SMILES string of the molecule is O=C(NC(CCO)C(=O)CO)c1ccc(OC(F)(F)F)cc1. The molecule has 0 spiro atoms. The first-order valence-electron chi connectivity index (χ1n) is 6.18. The number of carbonyl (C=O) groups excluding carboxylic acids is 2. The molecule has 0 heterocycles. The Morgan fingerprint density at radius 3 is 2.23 bits per heavy atom. The van der Waals surface area contributed by atoms with Gasteiger partial charge in [-0.2, -0.15) is 0 Å². The molecule has 1 aromatic carbocycles. The summed E-state index contributed by atoms with van der Waals surface area (Å²) >= 11 is 0. The molecule has 1 unspecified atom stereocenters. The molecular weight excluding hydrogens is 307 g/mol. The van der Waals surface area contributed by atoms with Crippen LogP contribution in [0, 0.1) is 0 Å². The molecule has 1 aromatic rings. The van der Waals surface area contributed by atoms with Crippen molar-refractivity contribution in [3.05, 3.63) is 29.8 Å². The Kier molecular flexibility index (Phi) is 6.32. The van der Waals surface area contributed by atoms with Crippen molar-refractivity contribution < 1.29 is 37.7 Å². The number of alkyl halides is 3. The molecule has 1 amide bonds. The van der Waals surface area contributed by atoms with Gasteiger partial charge in [0.1, 0.15) is 12.4 Å². The van der Waals surface area contributed by atoms with Crippen molar-refractivity contribution in [2.24, 2.45) is 0 Å². The Balaban J connectivity index is 2.74. The molecule has 0 aromatic heterocycles. The molecule has 122 valence electrons. The Labute approximate surface area is 123 Å². The highest BCUT2D eigenvalue weighted by molar-refractivity contribution is 5.98. The Morgan fingerprint density at radius 1 is 1.18 bits per heavy atom. The zero-order chi connectivity index (χ0) is 16.8. The standard InChI is InChI=1S/C13H14F3NO5/c14-13(15,16)22-9-3-1-8(2-4-9)12(21)17-10(5-6-18)11(20)7-19/h1-4,10,18-19H,5-7H2,(H,17,21). The monoisotopic (exact) mass is 321 g/mol. The molecule has 6 nitrogen and oxygen atoms in total. The zero-order valence-corrected chi connectivity index (χ0v) is 11.3. The molecule has 0 radical (unpaired) electrons. The summed E-state index contributed by atoms with van der Waals surface area (Å²) in [5.74, 6) is -1.89. The summed E-state index contributed by atoms with van der Waals surface area (Å²) in [7, 11) is 0. The van der Waals surface area contributed by atoms with Crippen LogP contribution in [0.15, 0.2) is 24.3 Å². The van der Waals surface area contributed by atoms with E-state index in [1.165, 1.54) is 0 Å². The van der Waals surface area contributed by atoms with E-state index in [1.54, 1.807) is 0 Å². The lowest BCUT2D eigenvalue weighted by atomic mass is 10.1. The number of hydrogen-bond donors (Lipinski definition) is 3. The number of nitrogens with one attached hydrogen (secondary N) is 1. The molecule has 0 fully saturated rings. The summed E-state index contributed by atoms with van der Waals surface area (Å²) in [5.41, 5.74) is 0.00297. The highest BCUT2D eigenvalue weighted by Gasteiger charge is 2.31. The van der Waals surface area contributed by atoms with Gasteiger partial charge in [-0.3, -0.25) is 9.59 Å². The molecule has 22 heavy (non-hydrogen) atoms. The van der Waals surface area contributed by atoms with Crippen LogP contribution in [0.5, 0.6) is 5.75 Å². The largest absolute Gasteiger partial charge is 0.573 e. The molecular formula is C13H14F3NO5. The molecule has 1 rings (SSSR count). The molecule has 0 saturated carbocycles. The van der Waals surface area contributed by atoms with Gasteiger partial charge in [-0.1, -0.05) is 0 Å². The van der Waals surface area contributed by atoms with Gasteiger partial charge in [-0.05, 0) is 30.7 Å². The van der Waals surface area contributed by atoms with Crippen molar-refractivity contribution in [2.45, 2.75) is 18.8 Å². The maximum atomic E-state index is 12.0. The molecule has 0 bridgehead atoms. The fraction of sp³-hybridized carbons (Fsp3) is 0.385. The van der Waals surface area contributed by atoms with Crippen molar-refractivity contribution >= 4 is 11.7 Å². The minimum Gasteiger partial charge on any atom is -0.406 e. The average molecular weight is 321 g/mol. The van der Waals surface area contributed by atoms with E-state index in [-0.39, 0.29) is 18.6 Å². The van der Waals surface area contributed by atoms with Crippen molar-refractivity contribution in [3.8, 4) is 5.75 Å². The number of aliphatic hydroxyl groups excluding tert-OH is 2. The summed E-state index contributed by atoms with van der Waals surface area (Å²) < 4.78 is 39.7. The topological polar surface area (TPSA) is 95.9 Å². The van der Waals surface area contributed by atoms with Crippen LogP contribution in [-0.4, -0.2) is 47.5 Å². The first-order valence-corrected chi connectivity index (χ1v) is 6.18. The first-order chi connectivity index (χ1) is 10.3. The average Bonchev–Trinajstić information content (AvgIpc) is 2.45. The van der Waals surface area contributed by atoms with E-state index < -0.39 is 36.5 Å². The molecule has 0 aliphatic heterocycles. The minimum atomic E-state index is -4.83. The summed E-state index contributed by atoms with van der Waals surface area (Å²) in [6, 6.07) is 3.02. The second kappa shape index (κ2) is 7.76. The van der Waals surface area contributed by atoms with Crippen LogP contribution in [0.3, 0.4) is 0 Å². The van der Waals surface area contributed by atoms with E-state index in [4.69, 9.17) is 10.2 Å². The van der Waals surface area contributed by atoms with E-state index in [9.17, 15) is 22.8 Å². The van der Waals surface area contributed by atoms with Crippen LogP contribution in [0.2, 0.25) is 0 Å². The molecule has 0 aliphatic rings. The van der Waals surface area contributed by atoms with Gasteiger partial charge in [0.15, 0.2) is 5.78 Å². The van der Waals surface area contributed by atoms with Gasteiger partial charge in [0, 0.05) is 12.2 Å². The molecule has 1 atom stereocenters. The van der Waals surface area contributed by atoms with Gasteiger partial charge in [-0.15, -0.1) is 13.2 Å². The molecule has 0 aliphatic carbocycles. The molecule has 3 N–H and O–H groups in total. The fourth-order valence-corrected chi connectivity index (χ4v) is 1.60. The number of ketones is 1. The quantitative estimate of drug-likeness (QED) is 0.684. The number of amides is 1. The van der Waals surface area contributed by atoms with Crippen LogP contribution in [0.1, 0.15) is 16.8 Å². The number of rotatable bonds is 7. The van der Waals surface area contributed by atoms with Crippen molar-refractivity contribution in [3.63, 3.8) is 0 Å². The number of aliphatic hydroxyl groups is 2. The Bertz CT molecular complexity index is 515. The second-order valence-corrected chi connectivity index (χ2v) is 4.23. The third-order valence-corrected chi connectivity index (χ3v) is 2.62. The van der Waals surface area contributed by atoms with Crippen LogP contribution < -0.4 is 10.1 Å². The Hall–Kier alpha value is -2.13. The highest BCUT2D eigenvalue weighted by atomic mass is 19.4. The summed E-state index contributed by atoms with van der Waals surface area (Å²) in [6.07, 6.45) is -4.91. The van der Waals surface area contributed by atoms with Crippen molar-refractivity contribution in [1.82, 2.24) is 5.32 Å². The number of ether oxygens (including phenoxy) is 1. The number of halogens is 3. The smallest absolute Gasteiger partial charge is 0.406 e. The Morgan fingerprint density at radius 2 is 1.77 bits per heavy atom. The van der Waals surface area contributed by atoms with Gasteiger partial charge in [0.05, 0.1) is 6.04 Å². The lowest BCUT2D eigenvalue weighted by Gasteiger charge is -2.15. The number of Topliss-reactive ketones (excluding diaryl/α,β-unsaturated/α-hetero) is 1. The minimum absolute atomic E-state index is 0.00297. The zero-order valence-electron chi connectivity index (χ0n) is 11.3. The van der Waals surface area contributed by atoms with Crippen LogP contribution >= 0.6 is 0 Å². The van der Waals surface area contributed by atoms with Gasteiger partial charge in [0.25, 0.3) is 5.91 Å². The number of benzene rings is 1. The number of hydrogen-bond acceptors (Lipinski definition) is 5. The van der Waals surface area contributed by atoms with Crippen molar-refractivity contribution in [1.29, 1.82) is 0 Å². The highest BCUT2D eigenvalue weighted by Crippen LogP contribution is 2.22. The first kappa shape index (κ1) is 17.9. The van der Waals surface area contributed by atoms with E-state index in [0.29, 0.717) is 0 Å². The number of carbonyl (C=O) groups is 2. The normalized spacial score (nSPS) is 12.6. The summed E-state index contributed by atoms with van der Waals surface area (Å²) in [5, 5.41) is 19.8. The van der Waals surface area contributed by atoms with Gasteiger partial charge in [0.2, 0.25) is 0 Å². The fourth-order valence-electron chi connectivity index (χ4n) is 1.60. The van der Waals surface area contributed by atoms with Crippen LogP contribution in [0.4, 0.5) is 13.2 Å². The van der Waals surface area contributed by atoms with Gasteiger partial charge >= 0.3 is 6.36 Å². The van der Waals surface area contributed by atoms with Crippen LogP contribution in [0.25, 0.3) is 0 Å². The lowest BCUT2D eigenvalue weighted by molar-refractivity contribution is -0.274. The van der Waals surface area contributed by atoms with Gasteiger partial charge < -0.3 is 20.3 Å². The van der Waals surface area contributed by atoms with Crippen LogP contribution in [-0.2, 0) is 4.79 Å². The molecule has 9 heteroatoms. The molecule has 0 saturated heterocycles. The maximum absolute atomic E-state index is 12.0. The van der Waals surface area contributed by atoms with E-state index in [1.807, 2.05) is 0 Å². The van der Waals surface area contributed by atoms with E-state index >= 15 is 0 Å².